The Morgan fingerprint density at radius 1 is 1.05 bits per heavy atom. The average molecular weight is 596 g/mol. The first-order valence-electron chi connectivity index (χ1n) is 12.1. The quantitative estimate of drug-likeness (QED) is 0.0949. The average Bonchev–Trinajstić information content (AvgIpc) is 3.54. The van der Waals surface area contributed by atoms with Crippen molar-refractivity contribution in [2.45, 2.75) is 16.1 Å². The molecule has 0 radical (unpaired) electrons. The van der Waals surface area contributed by atoms with Gasteiger partial charge in [0, 0.05) is 16.3 Å². The molecule has 0 bridgehead atoms. The molecule has 1 N–H and O–H groups in total. The van der Waals surface area contributed by atoms with Crippen molar-refractivity contribution < 1.29 is 28.6 Å². The van der Waals surface area contributed by atoms with E-state index in [1.807, 2.05) is 0 Å². The second-order valence-electron chi connectivity index (χ2n) is 8.85. The fourth-order valence-corrected chi connectivity index (χ4v) is 6.47. The number of benzene rings is 3. The third-order valence-corrected chi connectivity index (χ3v) is 8.66. The summed E-state index contributed by atoms with van der Waals surface area (Å²) in [5.41, 5.74) is 1.59. The molecule has 4 aromatic rings. The minimum absolute atomic E-state index is 0.111. The Bertz CT molecular complexity index is 1660. The van der Waals surface area contributed by atoms with Crippen molar-refractivity contribution in [1.82, 2.24) is 10.2 Å². The van der Waals surface area contributed by atoms with Crippen molar-refractivity contribution in [3.05, 3.63) is 99.8 Å². The molecule has 1 atom stereocenters. The largest absolute Gasteiger partial charge is 0.507 e. The predicted octanol–water partition coefficient (Wildman–Crippen LogP) is 6.02. The molecule has 2 aliphatic heterocycles. The number of aliphatic hydroxyl groups is 1. The Labute approximate surface area is 241 Å². The summed E-state index contributed by atoms with van der Waals surface area (Å²) < 4.78 is 25.0. The van der Waals surface area contributed by atoms with Crippen molar-refractivity contribution in [1.29, 1.82) is 0 Å². The SMILES string of the molecule is O=C1C(=O)N(c2nnc(SCc3ccc(F)cc3)s2)[C@@H](c2cccc(Cl)c2)C1=C(O)c1ccc2c(c1)OCCO2. The molecule has 1 amide bonds. The summed E-state index contributed by atoms with van der Waals surface area (Å²) in [6.45, 7) is 0.757. The van der Waals surface area contributed by atoms with Crippen molar-refractivity contribution in [3.8, 4) is 11.5 Å². The number of ether oxygens (including phenoxy) is 2. The van der Waals surface area contributed by atoms with Crippen LogP contribution in [0.5, 0.6) is 11.5 Å². The Hall–Kier alpha value is -3.93. The first-order valence-corrected chi connectivity index (χ1v) is 14.2. The lowest BCUT2D eigenvalue weighted by Crippen LogP contribution is -2.29. The lowest BCUT2D eigenvalue weighted by Gasteiger charge is -2.23. The highest BCUT2D eigenvalue weighted by molar-refractivity contribution is 8.00. The van der Waals surface area contributed by atoms with Gasteiger partial charge in [-0.2, -0.15) is 0 Å². The minimum atomic E-state index is -1.00. The molecule has 0 unspecified atom stereocenters. The number of thioether (sulfide) groups is 1. The molecule has 1 aromatic heterocycles. The number of Topliss-reactive ketones (excluding diaryl/α,β-unsaturated/α-hetero) is 1. The number of nitrogens with zero attached hydrogens (tertiary/aromatic N) is 3. The zero-order chi connectivity index (χ0) is 27.8. The van der Waals surface area contributed by atoms with Crippen molar-refractivity contribution in [3.63, 3.8) is 0 Å². The van der Waals surface area contributed by atoms with Gasteiger partial charge in [0.2, 0.25) is 5.13 Å². The number of rotatable bonds is 6. The summed E-state index contributed by atoms with van der Waals surface area (Å²) in [5.74, 6) is -0.943. The van der Waals surface area contributed by atoms with Gasteiger partial charge in [-0.25, -0.2) is 4.39 Å². The second kappa shape index (κ2) is 10.9. The minimum Gasteiger partial charge on any atom is -0.507 e. The molecule has 3 heterocycles. The van der Waals surface area contributed by atoms with E-state index in [2.05, 4.69) is 10.2 Å². The van der Waals surface area contributed by atoms with E-state index < -0.39 is 17.7 Å². The Morgan fingerprint density at radius 2 is 1.82 bits per heavy atom. The number of hydrogen-bond acceptors (Lipinski definition) is 9. The number of aromatic nitrogens is 2. The molecule has 1 saturated heterocycles. The van der Waals surface area contributed by atoms with Crippen LogP contribution in [-0.2, 0) is 15.3 Å². The summed E-state index contributed by atoms with van der Waals surface area (Å²) in [4.78, 5) is 28.1. The molecule has 3 aromatic carbocycles. The van der Waals surface area contributed by atoms with Crippen LogP contribution in [0.2, 0.25) is 5.02 Å². The van der Waals surface area contributed by atoms with Crippen molar-refractivity contribution in [2.75, 3.05) is 18.1 Å². The van der Waals surface area contributed by atoms with E-state index in [4.69, 9.17) is 21.1 Å². The number of aliphatic hydroxyl groups excluding tert-OH is 1. The maximum atomic E-state index is 13.4. The van der Waals surface area contributed by atoms with Gasteiger partial charge in [0.05, 0.1) is 11.6 Å². The van der Waals surface area contributed by atoms with Crippen LogP contribution in [0, 0.1) is 5.82 Å². The normalized spacial score (nSPS) is 17.9. The van der Waals surface area contributed by atoms with Gasteiger partial charge in [-0.1, -0.05) is 59.0 Å². The van der Waals surface area contributed by atoms with Crippen LogP contribution < -0.4 is 14.4 Å². The van der Waals surface area contributed by atoms with Crippen LogP contribution in [0.3, 0.4) is 0 Å². The van der Waals surface area contributed by atoms with Crippen molar-refractivity contribution >= 4 is 57.3 Å². The van der Waals surface area contributed by atoms with Crippen LogP contribution in [0.15, 0.2) is 76.6 Å². The number of carbonyl (C=O) groups is 2. The first-order chi connectivity index (χ1) is 19.4. The van der Waals surface area contributed by atoms with Crippen LogP contribution in [0.25, 0.3) is 5.76 Å². The van der Waals surface area contributed by atoms with Gasteiger partial charge in [0.25, 0.3) is 5.78 Å². The van der Waals surface area contributed by atoms with Crippen molar-refractivity contribution in [2.24, 2.45) is 0 Å². The monoisotopic (exact) mass is 595 g/mol. The fraction of sp³-hybridized carbons (Fsp3) is 0.143. The van der Waals surface area contributed by atoms with Crippen LogP contribution >= 0.6 is 34.7 Å². The summed E-state index contributed by atoms with van der Waals surface area (Å²) in [7, 11) is 0. The maximum Gasteiger partial charge on any atom is 0.301 e. The third-order valence-electron chi connectivity index (χ3n) is 6.30. The number of anilines is 1. The van der Waals surface area contributed by atoms with E-state index in [0.717, 1.165) is 16.9 Å². The van der Waals surface area contributed by atoms with Crippen LogP contribution in [0.1, 0.15) is 22.7 Å². The standard InChI is InChI=1S/C28H19ClFN3O5S2/c29-18-3-1-2-16(12-18)23-22(24(34)17-6-9-20-21(13-17)38-11-10-37-20)25(35)26(36)33(23)27-31-32-28(40-27)39-14-15-4-7-19(30)8-5-15/h1-9,12-13,23,34H,10-11,14H2/t23-/m0/s1. The van der Waals surface area contributed by atoms with E-state index in [9.17, 15) is 19.1 Å². The van der Waals surface area contributed by atoms with Gasteiger partial charge >= 0.3 is 5.91 Å². The summed E-state index contributed by atoms with van der Waals surface area (Å²) in [5, 5.41) is 20.4. The van der Waals surface area contributed by atoms with E-state index >= 15 is 0 Å². The van der Waals surface area contributed by atoms with Gasteiger partial charge in [0.1, 0.15) is 24.8 Å². The highest BCUT2D eigenvalue weighted by atomic mass is 35.5. The molecular formula is C28H19ClFN3O5S2. The number of amides is 1. The highest BCUT2D eigenvalue weighted by Gasteiger charge is 2.48. The number of hydrogen-bond donors (Lipinski definition) is 1. The van der Waals surface area contributed by atoms with Gasteiger partial charge in [-0.15, -0.1) is 10.2 Å². The van der Waals surface area contributed by atoms with Crippen LogP contribution in [0.4, 0.5) is 9.52 Å². The number of fused-ring (bicyclic) bond motifs is 1. The molecule has 6 rings (SSSR count). The fourth-order valence-electron chi connectivity index (χ4n) is 4.45. The van der Waals surface area contributed by atoms with Gasteiger partial charge in [-0.3, -0.25) is 14.5 Å². The summed E-state index contributed by atoms with van der Waals surface area (Å²) >= 11 is 8.78. The molecule has 8 nitrogen and oxygen atoms in total. The molecule has 0 saturated carbocycles. The Morgan fingerprint density at radius 3 is 2.60 bits per heavy atom. The molecular weight excluding hydrogens is 577 g/mol. The summed E-state index contributed by atoms with van der Waals surface area (Å²) in [6, 6.07) is 16.7. The predicted molar refractivity (Wildman–Crippen MR) is 150 cm³/mol. The Kier molecular flexibility index (Phi) is 7.18. The number of halogens is 2. The van der Waals surface area contributed by atoms with Gasteiger partial charge in [0.15, 0.2) is 15.8 Å². The Balaban J connectivity index is 1.38. The second-order valence-corrected chi connectivity index (χ2v) is 11.5. The molecule has 12 heteroatoms. The lowest BCUT2D eigenvalue weighted by atomic mass is 9.95. The maximum absolute atomic E-state index is 13.4. The number of ketones is 1. The smallest absolute Gasteiger partial charge is 0.301 e. The molecule has 2 aliphatic rings. The molecule has 1 fully saturated rings. The van der Waals surface area contributed by atoms with E-state index in [0.29, 0.717) is 51.0 Å². The first kappa shape index (κ1) is 26.3. The van der Waals surface area contributed by atoms with E-state index in [-0.39, 0.29) is 22.3 Å². The summed E-state index contributed by atoms with van der Waals surface area (Å²) in [6.07, 6.45) is 0. The zero-order valence-electron chi connectivity index (χ0n) is 20.5. The molecule has 0 aliphatic carbocycles. The topological polar surface area (TPSA) is 102 Å². The van der Waals surface area contributed by atoms with Gasteiger partial charge in [-0.05, 0) is 53.6 Å². The highest BCUT2D eigenvalue weighted by Crippen LogP contribution is 2.45. The van der Waals surface area contributed by atoms with Crippen LogP contribution in [-0.4, -0.2) is 40.2 Å². The molecule has 40 heavy (non-hydrogen) atoms. The van der Waals surface area contributed by atoms with E-state index in [1.54, 1.807) is 54.6 Å². The lowest BCUT2D eigenvalue weighted by molar-refractivity contribution is -0.132. The van der Waals surface area contributed by atoms with Gasteiger partial charge < -0.3 is 14.6 Å². The zero-order valence-corrected chi connectivity index (χ0v) is 22.9. The molecule has 202 valence electrons. The number of carbonyl (C=O) groups excluding carboxylic acids is 2. The van der Waals surface area contributed by atoms with E-state index in [1.165, 1.54) is 28.8 Å². The molecule has 0 spiro atoms. The third kappa shape index (κ3) is 5.03.